The largest absolute Gasteiger partial charge is 0.424 e. The van der Waals surface area contributed by atoms with Gasteiger partial charge in [0.25, 0.3) is 0 Å². The van der Waals surface area contributed by atoms with Crippen LogP contribution in [0.25, 0.3) is 11.1 Å². The molecule has 122 valence electrons. The molecule has 0 aliphatic heterocycles. The normalized spacial score (nSPS) is 11.2. The molecule has 0 spiro atoms. The fourth-order valence-corrected chi connectivity index (χ4v) is 2.65. The van der Waals surface area contributed by atoms with Gasteiger partial charge in [-0.15, -0.1) is 0 Å². The maximum atomic E-state index is 12.9. The molecule has 0 bridgehead atoms. The molecule has 3 rings (SSSR count). The Morgan fingerprint density at radius 3 is 2.00 bits per heavy atom. The first-order valence-corrected chi connectivity index (χ1v) is 8.87. The molecule has 0 N–H and O–H groups in total. The molecule has 0 unspecified atom stereocenters. The van der Waals surface area contributed by atoms with Gasteiger partial charge in [0.2, 0.25) is 0 Å². The highest BCUT2D eigenvalue weighted by Crippen LogP contribution is 2.22. The average molecular weight is 344 g/mol. The van der Waals surface area contributed by atoms with E-state index in [0.29, 0.717) is 5.75 Å². The van der Waals surface area contributed by atoms with Gasteiger partial charge in [0, 0.05) is 24.2 Å². The zero-order chi connectivity index (χ0) is 17.2. The van der Waals surface area contributed by atoms with Crippen molar-refractivity contribution in [3.8, 4) is 22.9 Å². The number of hydrogen-bond donors (Lipinski definition) is 0. The van der Waals surface area contributed by atoms with Gasteiger partial charge in [-0.1, -0.05) is 12.1 Å². The predicted molar refractivity (Wildman–Crippen MR) is 87.1 cm³/mol. The van der Waals surface area contributed by atoms with Crippen molar-refractivity contribution < 1.29 is 17.5 Å². The third-order valence-electron chi connectivity index (χ3n) is 3.27. The van der Waals surface area contributed by atoms with Crippen LogP contribution in [0.2, 0.25) is 0 Å². The Balaban J connectivity index is 1.75. The van der Waals surface area contributed by atoms with E-state index in [1.54, 1.807) is 24.5 Å². The Bertz CT molecular complexity index is 939. The molecular formula is C17H13FN2O3S. The Hall–Kier alpha value is -2.80. The minimum absolute atomic E-state index is 0.132. The zero-order valence-corrected chi connectivity index (χ0v) is 13.5. The molecule has 0 aliphatic carbocycles. The topological polar surface area (TPSA) is 69.2 Å². The molecule has 3 aromatic rings. The van der Waals surface area contributed by atoms with E-state index in [0.717, 1.165) is 17.4 Å². The van der Waals surface area contributed by atoms with Crippen molar-refractivity contribution in [1.29, 1.82) is 0 Å². The summed E-state index contributed by atoms with van der Waals surface area (Å²) in [6.07, 6.45) is 4.28. The molecule has 0 amide bonds. The highest BCUT2D eigenvalue weighted by Gasteiger charge is 2.08. The minimum atomic E-state index is -3.25. The molecule has 24 heavy (non-hydrogen) atoms. The maximum absolute atomic E-state index is 12.9. The number of benzene rings is 2. The second kappa shape index (κ2) is 6.37. The van der Waals surface area contributed by atoms with E-state index in [1.165, 1.54) is 36.4 Å². The molecule has 0 saturated carbocycles. The van der Waals surface area contributed by atoms with Crippen molar-refractivity contribution in [1.82, 2.24) is 9.97 Å². The van der Waals surface area contributed by atoms with Gasteiger partial charge in [0.1, 0.15) is 11.6 Å². The number of hydrogen-bond acceptors (Lipinski definition) is 5. The quantitative estimate of drug-likeness (QED) is 0.725. The Morgan fingerprint density at radius 1 is 0.875 bits per heavy atom. The molecule has 0 atom stereocenters. The van der Waals surface area contributed by atoms with Gasteiger partial charge in [-0.25, -0.2) is 22.8 Å². The van der Waals surface area contributed by atoms with Crippen LogP contribution in [-0.2, 0) is 9.84 Å². The summed E-state index contributed by atoms with van der Waals surface area (Å²) in [5.41, 5.74) is 1.52. The molecule has 2 aromatic carbocycles. The van der Waals surface area contributed by atoms with E-state index in [4.69, 9.17) is 4.74 Å². The number of sulfone groups is 1. The van der Waals surface area contributed by atoms with E-state index < -0.39 is 9.84 Å². The predicted octanol–water partition coefficient (Wildman–Crippen LogP) is 3.48. The van der Waals surface area contributed by atoms with Crippen molar-refractivity contribution in [3.63, 3.8) is 0 Å². The highest BCUT2D eigenvalue weighted by atomic mass is 32.2. The Labute approximate surface area is 138 Å². The van der Waals surface area contributed by atoms with E-state index >= 15 is 0 Å². The summed E-state index contributed by atoms with van der Waals surface area (Å²) in [5.74, 6) is 0.120. The number of nitrogens with zero attached hydrogens (tertiary/aromatic N) is 2. The average Bonchev–Trinajstić information content (AvgIpc) is 2.56. The van der Waals surface area contributed by atoms with Crippen LogP contribution in [0.5, 0.6) is 11.8 Å². The van der Waals surface area contributed by atoms with Crippen molar-refractivity contribution in [3.05, 3.63) is 66.7 Å². The fraction of sp³-hybridized carbons (Fsp3) is 0.0588. The fourth-order valence-electron chi connectivity index (χ4n) is 2.02. The molecular weight excluding hydrogens is 331 g/mol. The van der Waals surface area contributed by atoms with Gasteiger partial charge >= 0.3 is 6.01 Å². The van der Waals surface area contributed by atoms with Gasteiger partial charge in [0.05, 0.1) is 4.90 Å². The summed E-state index contributed by atoms with van der Waals surface area (Å²) in [5, 5.41) is 0. The molecule has 0 fully saturated rings. The number of ether oxygens (including phenoxy) is 1. The zero-order valence-electron chi connectivity index (χ0n) is 12.7. The lowest BCUT2D eigenvalue weighted by molar-refractivity contribution is 0.441. The third kappa shape index (κ3) is 3.75. The molecule has 0 saturated heterocycles. The van der Waals surface area contributed by atoms with Gasteiger partial charge in [-0.05, 0) is 42.0 Å². The lowest BCUT2D eigenvalue weighted by Crippen LogP contribution is -1.97. The first-order chi connectivity index (χ1) is 11.4. The highest BCUT2D eigenvalue weighted by molar-refractivity contribution is 7.90. The number of halogens is 1. The van der Waals surface area contributed by atoms with Crippen LogP contribution >= 0.6 is 0 Å². The van der Waals surface area contributed by atoms with Gasteiger partial charge in [0.15, 0.2) is 9.84 Å². The van der Waals surface area contributed by atoms with Crippen LogP contribution < -0.4 is 4.74 Å². The van der Waals surface area contributed by atoms with Crippen LogP contribution in [0, 0.1) is 5.82 Å². The summed E-state index contributed by atoms with van der Waals surface area (Å²) < 4.78 is 41.2. The number of rotatable bonds is 4. The van der Waals surface area contributed by atoms with Crippen molar-refractivity contribution in [2.24, 2.45) is 0 Å². The SMILES string of the molecule is CS(=O)(=O)c1ccc(Oc2ncc(-c3ccc(F)cc3)cn2)cc1. The maximum Gasteiger partial charge on any atom is 0.321 e. The van der Waals surface area contributed by atoms with Crippen LogP contribution in [-0.4, -0.2) is 24.6 Å². The molecule has 5 nitrogen and oxygen atoms in total. The summed E-state index contributed by atoms with van der Waals surface area (Å²) in [6, 6.07) is 12.1. The van der Waals surface area contributed by atoms with Gasteiger partial charge in [-0.3, -0.25) is 0 Å². The Kier molecular flexibility index (Phi) is 4.26. The van der Waals surface area contributed by atoms with Crippen LogP contribution in [0.1, 0.15) is 0 Å². The first-order valence-electron chi connectivity index (χ1n) is 6.98. The molecule has 1 aromatic heterocycles. The van der Waals surface area contributed by atoms with Gasteiger partial charge in [-0.2, -0.15) is 0 Å². The molecule has 0 aliphatic rings. The molecule has 1 heterocycles. The molecule has 7 heteroatoms. The summed E-state index contributed by atoms with van der Waals surface area (Å²) in [6.45, 7) is 0. The smallest absolute Gasteiger partial charge is 0.321 e. The number of aromatic nitrogens is 2. The van der Waals surface area contributed by atoms with E-state index in [9.17, 15) is 12.8 Å². The van der Waals surface area contributed by atoms with Crippen molar-refractivity contribution in [2.45, 2.75) is 4.90 Å². The minimum Gasteiger partial charge on any atom is -0.424 e. The lowest BCUT2D eigenvalue weighted by atomic mass is 10.1. The standard InChI is InChI=1S/C17H13FN2O3S/c1-24(21,22)16-8-6-15(7-9-16)23-17-19-10-13(11-20-17)12-2-4-14(18)5-3-12/h2-11H,1H3. The van der Waals surface area contributed by atoms with Crippen molar-refractivity contribution in [2.75, 3.05) is 6.26 Å². The molecule has 0 radical (unpaired) electrons. The second-order valence-corrected chi connectivity index (χ2v) is 7.12. The summed E-state index contributed by atoms with van der Waals surface area (Å²) >= 11 is 0. The van der Waals surface area contributed by atoms with Crippen LogP contribution in [0.3, 0.4) is 0 Å². The monoisotopic (exact) mass is 344 g/mol. The van der Waals surface area contributed by atoms with E-state index in [-0.39, 0.29) is 16.7 Å². The summed E-state index contributed by atoms with van der Waals surface area (Å²) in [4.78, 5) is 8.41. The van der Waals surface area contributed by atoms with Crippen molar-refractivity contribution >= 4 is 9.84 Å². The van der Waals surface area contributed by atoms with E-state index in [2.05, 4.69) is 9.97 Å². The van der Waals surface area contributed by atoms with Crippen LogP contribution in [0.15, 0.2) is 65.8 Å². The lowest BCUT2D eigenvalue weighted by Gasteiger charge is -2.06. The first kappa shape index (κ1) is 16.1. The Morgan fingerprint density at radius 2 is 1.46 bits per heavy atom. The summed E-state index contributed by atoms with van der Waals surface area (Å²) in [7, 11) is -3.25. The van der Waals surface area contributed by atoms with E-state index in [1.807, 2.05) is 0 Å². The van der Waals surface area contributed by atoms with Gasteiger partial charge < -0.3 is 4.74 Å². The second-order valence-electron chi connectivity index (χ2n) is 5.11. The third-order valence-corrected chi connectivity index (χ3v) is 4.40. The van der Waals surface area contributed by atoms with Crippen LogP contribution in [0.4, 0.5) is 4.39 Å².